The molecule has 0 radical (unpaired) electrons. The summed E-state index contributed by atoms with van der Waals surface area (Å²) in [5.41, 5.74) is 1.38. The molecule has 222 valence electrons. The minimum Gasteiger partial charge on any atom is -0.543 e. The lowest BCUT2D eigenvalue weighted by atomic mass is 9.93. The van der Waals surface area contributed by atoms with Crippen LogP contribution >= 0.6 is 0 Å². The number of hydrogen-bond donors (Lipinski definition) is 0. The number of allylic oxidation sites excluding steroid dienone is 2. The lowest BCUT2D eigenvalue weighted by Gasteiger charge is -2.41. The first-order chi connectivity index (χ1) is 18.4. The number of fused-ring (bicyclic) bond motifs is 1. The Balaban J connectivity index is 2.56. The molecule has 1 aromatic rings. The highest BCUT2D eigenvalue weighted by atomic mass is 28.4. The minimum absolute atomic E-state index is 0.0260. The highest BCUT2D eigenvalue weighted by molar-refractivity contribution is 6.75. The van der Waals surface area contributed by atoms with Crippen LogP contribution in [-0.2, 0) is 20.4 Å². The van der Waals surface area contributed by atoms with Crippen LogP contribution in [0.4, 0.5) is 0 Å². The van der Waals surface area contributed by atoms with Gasteiger partial charge < -0.3 is 13.6 Å². The fourth-order valence-corrected chi connectivity index (χ4v) is 6.54. The molecule has 2 rings (SSSR count). The SMILES string of the molecule is C[C@H]1C/C=C/Cc2cccc(O[Si](C)(C)C(C)(C)C)c2C(=O)O[C@@H](C/C=C/N=C=O)CC1O[Si](C)(C)C(C)(C)C. The summed E-state index contributed by atoms with van der Waals surface area (Å²) >= 11 is 0. The molecule has 0 aliphatic carbocycles. The standard InChI is InChI=1S/C32H51NO5Si2/c1-24-16-12-13-17-25-18-14-20-27(37-39(8,9)31(2,3)4)29(25)30(35)36-26(19-15-21-33-23-34)22-28(24)38-40(10,11)32(5,6)7/h12-15,18,20-21,24,26,28H,16-17,19,22H2,1-11H3/b13-12+,21-15+/t24-,26-,28?/m0/s1. The van der Waals surface area contributed by atoms with Crippen molar-refractivity contribution < 1.29 is 23.2 Å². The molecule has 40 heavy (non-hydrogen) atoms. The molecule has 0 spiro atoms. The molecule has 1 aromatic carbocycles. The molecule has 0 N–H and O–H groups in total. The van der Waals surface area contributed by atoms with Gasteiger partial charge >= 0.3 is 5.97 Å². The van der Waals surface area contributed by atoms with E-state index >= 15 is 0 Å². The molecule has 8 heteroatoms. The number of cyclic esters (lactones) is 1. The van der Waals surface area contributed by atoms with Crippen molar-refractivity contribution in [1.29, 1.82) is 0 Å². The van der Waals surface area contributed by atoms with E-state index in [1.54, 1.807) is 6.08 Å². The second-order valence-electron chi connectivity index (χ2n) is 14.1. The van der Waals surface area contributed by atoms with E-state index in [1.807, 2.05) is 18.2 Å². The lowest BCUT2D eigenvalue weighted by Crippen LogP contribution is -2.46. The van der Waals surface area contributed by atoms with Crippen molar-refractivity contribution in [3.63, 3.8) is 0 Å². The Morgan fingerprint density at radius 1 is 1.05 bits per heavy atom. The number of rotatable bonds is 7. The number of aliphatic imine (C=N–C) groups is 1. The van der Waals surface area contributed by atoms with Gasteiger partial charge in [0.15, 0.2) is 8.32 Å². The topological polar surface area (TPSA) is 74.2 Å². The summed E-state index contributed by atoms with van der Waals surface area (Å²) < 4.78 is 19.9. The quantitative estimate of drug-likeness (QED) is 0.105. The van der Waals surface area contributed by atoms with Crippen LogP contribution in [0.2, 0.25) is 36.3 Å². The molecule has 0 saturated heterocycles. The normalized spacial score (nSPS) is 22.4. The summed E-state index contributed by atoms with van der Waals surface area (Å²) in [6, 6.07) is 5.82. The Kier molecular flexibility index (Phi) is 11.5. The van der Waals surface area contributed by atoms with Crippen molar-refractivity contribution >= 4 is 28.7 Å². The highest BCUT2D eigenvalue weighted by Gasteiger charge is 2.42. The molecular formula is C32H51NO5Si2. The molecule has 0 saturated carbocycles. The maximum atomic E-state index is 14.0. The average molecular weight is 586 g/mol. The third kappa shape index (κ3) is 9.13. The van der Waals surface area contributed by atoms with E-state index in [9.17, 15) is 9.59 Å². The van der Waals surface area contributed by atoms with Crippen molar-refractivity contribution in [2.24, 2.45) is 10.9 Å². The molecule has 0 bridgehead atoms. The van der Waals surface area contributed by atoms with Gasteiger partial charge in [0.05, 0.1) is 6.10 Å². The van der Waals surface area contributed by atoms with Gasteiger partial charge in [-0.15, -0.1) is 0 Å². The van der Waals surface area contributed by atoms with Gasteiger partial charge in [0, 0.05) is 19.0 Å². The first-order valence-electron chi connectivity index (χ1n) is 14.5. The fourth-order valence-electron chi connectivity index (χ4n) is 4.07. The fraction of sp³-hybridized carbons (Fsp3) is 0.625. The number of hydrogen-bond acceptors (Lipinski definition) is 6. The van der Waals surface area contributed by atoms with Crippen LogP contribution in [0.5, 0.6) is 5.75 Å². The van der Waals surface area contributed by atoms with Crippen molar-refractivity contribution in [2.45, 2.75) is 123 Å². The maximum absolute atomic E-state index is 14.0. The van der Waals surface area contributed by atoms with Gasteiger partial charge in [0.2, 0.25) is 6.08 Å². The van der Waals surface area contributed by atoms with E-state index in [4.69, 9.17) is 13.6 Å². The number of carbonyl (C=O) groups excluding carboxylic acids is 2. The first-order valence-corrected chi connectivity index (χ1v) is 20.3. The number of carbonyl (C=O) groups is 1. The van der Waals surface area contributed by atoms with Crippen molar-refractivity contribution in [2.75, 3.05) is 0 Å². The lowest BCUT2D eigenvalue weighted by molar-refractivity contribution is 0.00943. The van der Waals surface area contributed by atoms with E-state index < -0.39 is 28.7 Å². The molecule has 3 atom stereocenters. The van der Waals surface area contributed by atoms with Crippen LogP contribution in [0.3, 0.4) is 0 Å². The van der Waals surface area contributed by atoms with Crippen molar-refractivity contribution in [3.05, 3.63) is 53.8 Å². The molecule has 0 amide bonds. The van der Waals surface area contributed by atoms with Gasteiger partial charge in [0.25, 0.3) is 8.32 Å². The van der Waals surface area contributed by atoms with E-state index in [0.29, 0.717) is 30.6 Å². The Labute approximate surface area is 244 Å². The number of esters is 1. The van der Waals surface area contributed by atoms with Crippen molar-refractivity contribution in [3.8, 4) is 5.75 Å². The second-order valence-corrected chi connectivity index (χ2v) is 23.5. The van der Waals surface area contributed by atoms with Crippen LogP contribution < -0.4 is 4.43 Å². The van der Waals surface area contributed by atoms with Crippen LogP contribution in [0.1, 0.15) is 83.7 Å². The summed E-state index contributed by atoms with van der Waals surface area (Å²) in [6.07, 6.45) is 10.9. The summed E-state index contributed by atoms with van der Waals surface area (Å²) in [5.74, 6) is 0.423. The number of isocyanates is 1. The maximum Gasteiger partial charge on any atom is 0.342 e. The van der Waals surface area contributed by atoms with Gasteiger partial charge in [-0.3, -0.25) is 0 Å². The third-order valence-electron chi connectivity index (χ3n) is 8.79. The van der Waals surface area contributed by atoms with Gasteiger partial charge in [-0.05, 0) is 66.7 Å². The van der Waals surface area contributed by atoms with Crippen molar-refractivity contribution in [1.82, 2.24) is 0 Å². The predicted octanol–water partition coefficient (Wildman–Crippen LogP) is 8.75. The van der Waals surface area contributed by atoms with E-state index in [0.717, 1.165) is 12.0 Å². The summed E-state index contributed by atoms with van der Waals surface area (Å²) in [5, 5.41) is 0.0215. The highest BCUT2D eigenvalue weighted by Crippen LogP contribution is 2.41. The molecule has 1 heterocycles. The first kappa shape index (κ1) is 33.9. The van der Waals surface area contributed by atoms with E-state index in [2.05, 4.69) is 91.8 Å². The predicted molar refractivity (Wildman–Crippen MR) is 169 cm³/mol. The van der Waals surface area contributed by atoms with Crippen LogP contribution in [0.15, 0.2) is 47.6 Å². The van der Waals surface area contributed by atoms with Crippen LogP contribution in [0, 0.1) is 5.92 Å². The van der Waals surface area contributed by atoms with Gasteiger partial charge in [-0.25, -0.2) is 9.59 Å². The molecule has 1 aliphatic heterocycles. The summed E-state index contributed by atoms with van der Waals surface area (Å²) in [6.45, 7) is 24.3. The van der Waals surface area contributed by atoms with Crippen LogP contribution in [0.25, 0.3) is 0 Å². The van der Waals surface area contributed by atoms with Gasteiger partial charge in [0.1, 0.15) is 17.4 Å². The van der Waals surface area contributed by atoms with E-state index in [1.165, 1.54) is 12.3 Å². The monoisotopic (exact) mass is 585 g/mol. The van der Waals surface area contributed by atoms with Crippen LogP contribution in [-0.4, -0.2) is 40.9 Å². The number of nitrogens with zero attached hydrogens (tertiary/aromatic N) is 1. The van der Waals surface area contributed by atoms with E-state index in [-0.39, 0.29) is 22.1 Å². The Hall–Kier alpha value is -2.26. The number of benzene rings is 1. The zero-order valence-corrected chi connectivity index (χ0v) is 28.6. The summed E-state index contributed by atoms with van der Waals surface area (Å²) in [4.78, 5) is 28.1. The molecule has 1 unspecified atom stereocenters. The molecular weight excluding hydrogens is 535 g/mol. The average Bonchev–Trinajstić information content (AvgIpc) is 2.81. The largest absolute Gasteiger partial charge is 0.543 e. The molecule has 6 nitrogen and oxygen atoms in total. The Bertz CT molecular complexity index is 1120. The zero-order chi connectivity index (χ0) is 30.4. The second kappa shape index (κ2) is 13.6. The molecule has 1 aliphatic rings. The Morgan fingerprint density at radius 3 is 2.30 bits per heavy atom. The Morgan fingerprint density at radius 2 is 1.70 bits per heavy atom. The number of ether oxygens (including phenoxy) is 1. The van der Waals surface area contributed by atoms with Gasteiger partial charge in [-0.2, -0.15) is 4.99 Å². The smallest absolute Gasteiger partial charge is 0.342 e. The third-order valence-corrected chi connectivity index (χ3v) is 17.6. The zero-order valence-electron chi connectivity index (χ0n) is 26.6. The molecule has 0 aromatic heterocycles. The molecule has 0 fully saturated rings. The van der Waals surface area contributed by atoms with Gasteiger partial charge in [-0.1, -0.05) is 78.8 Å². The summed E-state index contributed by atoms with van der Waals surface area (Å²) in [7, 11) is -4.31. The minimum atomic E-state index is -2.22.